The summed E-state index contributed by atoms with van der Waals surface area (Å²) in [6.07, 6.45) is 1.82. The average Bonchev–Trinajstić information content (AvgIpc) is 3.27. The Hall–Kier alpha value is -3.36. The van der Waals surface area contributed by atoms with Gasteiger partial charge in [-0.05, 0) is 74.4 Å². The van der Waals surface area contributed by atoms with Crippen LogP contribution in [0.15, 0.2) is 87.8 Å². The third kappa shape index (κ3) is 6.20. The van der Waals surface area contributed by atoms with Crippen molar-refractivity contribution < 1.29 is 9.53 Å². The molecule has 1 aliphatic heterocycles. The second-order valence-corrected chi connectivity index (χ2v) is 12.0. The Bertz CT molecular complexity index is 1860. The minimum absolute atomic E-state index is 0.138. The Labute approximate surface area is 262 Å². The van der Waals surface area contributed by atoms with Crippen LogP contribution in [0.5, 0.6) is 5.75 Å². The molecule has 0 fully saturated rings. The lowest BCUT2D eigenvalue weighted by Crippen LogP contribution is -2.43. The maximum atomic E-state index is 14.0. The zero-order valence-electron chi connectivity index (χ0n) is 23.2. The number of thiazole rings is 1. The highest BCUT2D eigenvalue weighted by Gasteiger charge is 2.34. The van der Waals surface area contributed by atoms with Gasteiger partial charge in [0.2, 0.25) is 0 Å². The molecule has 4 aromatic rings. The monoisotopic (exact) mass is 639 g/mol. The van der Waals surface area contributed by atoms with Crippen molar-refractivity contribution in [2.75, 3.05) is 13.1 Å². The molecule has 2 heterocycles. The number of benzene rings is 3. The Kier molecular flexibility index (Phi) is 9.23. The maximum Gasteiger partial charge on any atom is 0.271 e. The molecule has 1 amide bonds. The van der Waals surface area contributed by atoms with Gasteiger partial charge in [-0.3, -0.25) is 14.2 Å². The van der Waals surface area contributed by atoms with E-state index in [1.165, 1.54) is 11.3 Å². The summed E-state index contributed by atoms with van der Waals surface area (Å²) in [5.74, 6) is 0.491. The largest absolute Gasteiger partial charge is 0.489 e. The highest BCUT2D eigenvalue weighted by molar-refractivity contribution is 7.07. The zero-order chi connectivity index (χ0) is 30.0. The van der Waals surface area contributed by atoms with Gasteiger partial charge in [0, 0.05) is 33.7 Å². The number of aromatic nitrogens is 1. The summed E-state index contributed by atoms with van der Waals surface area (Å²) >= 11 is 19.8. The number of likely N-dealkylation sites (N-methyl/N-ethyl adjacent to an activating group) is 1. The van der Waals surface area contributed by atoms with Crippen molar-refractivity contribution in [2.24, 2.45) is 4.99 Å². The van der Waals surface area contributed by atoms with Crippen molar-refractivity contribution >= 4 is 58.1 Å². The number of carbonyl (C=O) groups excluding carboxylic acids is 1. The summed E-state index contributed by atoms with van der Waals surface area (Å²) in [4.78, 5) is 34.7. The minimum Gasteiger partial charge on any atom is -0.489 e. The van der Waals surface area contributed by atoms with Crippen LogP contribution in [0.4, 0.5) is 0 Å². The van der Waals surface area contributed by atoms with Gasteiger partial charge in [-0.25, -0.2) is 4.99 Å². The number of ether oxygens (including phenoxy) is 1. The summed E-state index contributed by atoms with van der Waals surface area (Å²) in [5, 5.41) is 1.67. The Morgan fingerprint density at radius 3 is 2.43 bits per heavy atom. The molecule has 1 atom stereocenters. The van der Waals surface area contributed by atoms with E-state index in [0.717, 1.165) is 16.7 Å². The number of hydrogen-bond donors (Lipinski definition) is 0. The van der Waals surface area contributed by atoms with Crippen LogP contribution in [0.1, 0.15) is 43.5 Å². The molecule has 1 aliphatic rings. The van der Waals surface area contributed by atoms with Crippen molar-refractivity contribution in [3.63, 3.8) is 0 Å². The molecule has 216 valence electrons. The first-order valence-corrected chi connectivity index (χ1v) is 15.4. The number of carbonyl (C=O) groups is 1. The fourth-order valence-electron chi connectivity index (χ4n) is 4.88. The molecular weight excluding hydrogens is 613 g/mol. The predicted octanol–water partition coefficient (Wildman–Crippen LogP) is 6.64. The van der Waals surface area contributed by atoms with E-state index >= 15 is 0 Å². The SMILES string of the molecule is CCN(CC)C(=O)C1=C(C)N=c2s/c(=C/c3cccc(OCc4ccc(Cl)cc4Cl)c3)c(=O)n2[C@H]1c1ccc(Cl)cc1. The van der Waals surface area contributed by atoms with E-state index in [1.807, 2.05) is 69.3 Å². The molecule has 0 N–H and O–H groups in total. The topological polar surface area (TPSA) is 63.9 Å². The van der Waals surface area contributed by atoms with Gasteiger partial charge in [0.15, 0.2) is 4.80 Å². The summed E-state index contributed by atoms with van der Waals surface area (Å²) < 4.78 is 8.09. The molecule has 5 rings (SSSR count). The summed E-state index contributed by atoms with van der Waals surface area (Å²) in [6, 6.07) is 19.4. The highest BCUT2D eigenvalue weighted by Crippen LogP contribution is 2.32. The first kappa shape index (κ1) is 30.1. The number of allylic oxidation sites excluding steroid dienone is 1. The van der Waals surface area contributed by atoms with Gasteiger partial charge in [-0.2, -0.15) is 0 Å². The highest BCUT2D eigenvalue weighted by atomic mass is 35.5. The number of amides is 1. The van der Waals surface area contributed by atoms with Crippen molar-refractivity contribution in [1.29, 1.82) is 0 Å². The van der Waals surface area contributed by atoms with E-state index in [4.69, 9.17) is 44.5 Å². The summed E-state index contributed by atoms with van der Waals surface area (Å²) in [5.41, 5.74) is 3.24. The van der Waals surface area contributed by atoms with Crippen LogP contribution < -0.4 is 19.6 Å². The van der Waals surface area contributed by atoms with Crippen LogP contribution in [-0.2, 0) is 11.4 Å². The molecule has 42 heavy (non-hydrogen) atoms. The van der Waals surface area contributed by atoms with Gasteiger partial charge in [0.25, 0.3) is 11.5 Å². The summed E-state index contributed by atoms with van der Waals surface area (Å²) in [7, 11) is 0. The lowest BCUT2D eigenvalue weighted by Gasteiger charge is -2.29. The molecular formula is C32H28Cl3N3O3S. The quantitative estimate of drug-likeness (QED) is 0.217. The Morgan fingerprint density at radius 2 is 1.74 bits per heavy atom. The van der Waals surface area contributed by atoms with Crippen LogP contribution in [0.25, 0.3) is 6.08 Å². The minimum atomic E-state index is -0.632. The van der Waals surface area contributed by atoms with Crippen molar-refractivity contribution in [3.8, 4) is 5.75 Å². The van der Waals surface area contributed by atoms with Crippen molar-refractivity contribution in [2.45, 2.75) is 33.4 Å². The van der Waals surface area contributed by atoms with E-state index < -0.39 is 6.04 Å². The molecule has 0 bridgehead atoms. The second kappa shape index (κ2) is 12.9. The van der Waals surface area contributed by atoms with Gasteiger partial charge in [0.05, 0.1) is 21.8 Å². The predicted molar refractivity (Wildman–Crippen MR) is 170 cm³/mol. The molecule has 3 aromatic carbocycles. The molecule has 0 saturated carbocycles. The van der Waals surface area contributed by atoms with E-state index in [0.29, 0.717) is 54.5 Å². The molecule has 0 spiro atoms. The number of hydrogen-bond acceptors (Lipinski definition) is 5. The van der Waals surface area contributed by atoms with Gasteiger partial charge in [-0.15, -0.1) is 0 Å². The fraction of sp³-hybridized carbons (Fsp3) is 0.219. The molecule has 0 radical (unpaired) electrons. The van der Waals surface area contributed by atoms with Crippen LogP contribution in [0, 0.1) is 0 Å². The van der Waals surface area contributed by atoms with E-state index in [2.05, 4.69) is 0 Å². The molecule has 10 heteroatoms. The number of halogens is 3. The molecule has 6 nitrogen and oxygen atoms in total. The van der Waals surface area contributed by atoms with Gasteiger partial charge in [-0.1, -0.05) is 76.5 Å². The fourth-order valence-corrected chi connectivity index (χ4v) is 6.52. The van der Waals surface area contributed by atoms with Crippen molar-refractivity contribution in [1.82, 2.24) is 9.47 Å². The average molecular weight is 641 g/mol. The van der Waals surface area contributed by atoms with Crippen LogP contribution in [0.3, 0.4) is 0 Å². The zero-order valence-corrected chi connectivity index (χ0v) is 26.3. The number of fused-ring (bicyclic) bond motifs is 1. The van der Waals surface area contributed by atoms with Crippen LogP contribution >= 0.6 is 46.1 Å². The summed E-state index contributed by atoms with van der Waals surface area (Å²) in [6.45, 7) is 7.06. The molecule has 0 unspecified atom stereocenters. The molecule has 0 aliphatic carbocycles. The van der Waals surface area contributed by atoms with Crippen LogP contribution in [0.2, 0.25) is 15.1 Å². The van der Waals surface area contributed by atoms with Gasteiger partial charge in [0.1, 0.15) is 12.4 Å². The first-order chi connectivity index (χ1) is 20.2. The maximum absolute atomic E-state index is 14.0. The van der Waals surface area contributed by atoms with E-state index in [-0.39, 0.29) is 18.1 Å². The Balaban J connectivity index is 1.55. The lowest BCUT2D eigenvalue weighted by molar-refractivity contribution is -0.127. The number of nitrogens with zero attached hydrogens (tertiary/aromatic N) is 3. The smallest absolute Gasteiger partial charge is 0.271 e. The third-order valence-corrected chi connectivity index (χ3v) is 8.88. The molecule has 0 saturated heterocycles. The van der Waals surface area contributed by atoms with Crippen molar-refractivity contribution in [3.05, 3.63) is 129 Å². The Morgan fingerprint density at radius 1 is 1.02 bits per heavy atom. The standard InChI is InChI=1S/C32H28Cl3N3O3S/c1-4-37(5-2)31(40)28-19(3)36-32-38(29(28)21-9-12-23(33)13-10-21)30(39)27(42-32)16-20-7-6-8-25(15-20)41-18-22-11-14-24(34)17-26(22)35/h6-17,29H,4-5,18H2,1-3H3/b27-16+/t29-/m0/s1. The number of rotatable bonds is 8. The van der Waals surface area contributed by atoms with E-state index in [9.17, 15) is 9.59 Å². The van der Waals surface area contributed by atoms with Gasteiger partial charge < -0.3 is 9.64 Å². The molecule has 1 aromatic heterocycles. The normalized spacial score (nSPS) is 14.9. The first-order valence-electron chi connectivity index (χ1n) is 13.4. The van der Waals surface area contributed by atoms with E-state index in [1.54, 1.807) is 33.7 Å². The lowest BCUT2D eigenvalue weighted by atomic mass is 9.94. The van der Waals surface area contributed by atoms with Gasteiger partial charge >= 0.3 is 0 Å². The van der Waals surface area contributed by atoms with Crippen LogP contribution in [-0.4, -0.2) is 28.5 Å². The third-order valence-electron chi connectivity index (χ3n) is 7.05. The second-order valence-electron chi connectivity index (χ2n) is 9.71.